The summed E-state index contributed by atoms with van der Waals surface area (Å²) in [6.07, 6.45) is 4.57. The molecule has 0 radical (unpaired) electrons. The van der Waals surface area contributed by atoms with Crippen LogP contribution < -0.4 is 5.32 Å². The number of nitrogens with one attached hydrogen (secondary N) is 1. The zero-order valence-electron chi connectivity index (χ0n) is 11.3. The zero-order chi connectivity index (χ0) is 12.7. The molecule has 4 aliphatic rings. The van der Waals surface area contributed by atoms with Crippen LogP contribution in [0.5, 0.6) is 0 Å². The van der Waals surface area contributed by atoms with Crippen LogP contribution in [0, 0.1) is 0 Å². The molecule has 1 aliphatic carbocycles. The Labute approximate surface area is 114 Å². The average Bonchev–Trinajstić information content (AvgIpc) is 3.31. The van der Waals surface area contributed by atoms with Crippen molar-refractivity contribution >= 4 is 0 Å². The van der Waals surface area contributed by atoms with Gasteiger partial charge in [0.1, 0.15) is 5.82 Å². The van der Waals surface area contributed by atoms with Crippen LogP contribution in [0.3, 0.4) is 0 Å². The van der Waals surface area contributed by atoms with Crippen LogP contribution in [0.25, 0.3) is 0 Å². The van der Waals surface area contributed by atoms with Crippen molar-refractivity contribution in [3.8, 4) is 0 Å². The molecule has 5 rings (SSSR count). The van der Waals surface area contributed by atoms with E-state index >= 15 is 0 Å². The minimum Gasteiger partial charge on any atom is -0.308 e. The molecule has 0 amide bonds. The minimum atomic E-state index is 0.406. The second kappa shape index (κ2) is 4.81. The molecule has 2 bridgehead atoms. The van der Waals surface area contributed by atoms with Gasteiger partial charge in [-0.05, 0) is 18.9 Å². The highest BCUT2D eigenvalue weighted by atomic mass is 15.4. The molecule has 3 aliphatic heterocycles. The van der Waals surface area contributed by atoms with Crippen molar-refractivity contribution in [2.45, 2.75) is 31.5 Å². The fourth-order valence-electron chi connectivity index (χ4n) is 3.07. The maximum absolute atomic E-state index is 4.77. The number of hydrogen-bond acceptors (Lipinski definition) is 5. The number of hydrogen-bond donors (Lipinski definition) is 1. The molecule has 5 nitrogen and oxygen atoms in total. The van der Waals surface area contributed by atoms with Gasteiger partial charge in [0, 0.05) is 51.5 Å². The van der Waals surface area contributed by atoms with Gasteiger partial charge in [-0.1, -0.05) is 0 Å². The summed E-state index contributed by atoms with van der Waals surface area (Å²) in [5.41, 5.74) is 1.13. The maximum Gasteiger partial charge on any atom is 0.147 e. The van der Waals surface area contributed by atoms with Gasteiger partial charge in [0.05, 0.1) is 11.7 Å². The molecule has 5 heteroatoms. The molecule has 1 saturated carbocycles. The highest BCUT2D eigenvalue weighted by Crippen LogP contribution is 2.26. The summed E-state index contributed by atoms with van der Waals surface area (Å²) in [5, 5.41) is 3.52. The van der Waals surface area contributed by atoms with Crippen LogP contribution in [0.4, 0.5) is 0 Å². The van der Waals surface area contributed by atoms with Crippen molar-refractivity contribution in [1.29, 1.82) is 0 Å². The molecule has 1 unspecified atom stereocenters. The fraction of sp³-hybridized carbons (Fsp3) is 0.714. The van der Waals surface area contributed by atoms with Gasteiger partial charge >= 0.3 is 0 Å². The van der Waals surface area contributed by atoms with E-state index in [1.165, 1.54) is 39.0 Å². The second-order valence-electron chi connectivity index (χ2n) is 5.91. The van der Waals surface area contributed by atoms with Gasteiger partial charge in [-0.2, -0.15) is 0 Å². The summed E-state index contributed by atoms with van der Waals surface area (Å²) in [6.45, 7) is 6.73. The predicted octanol–water partition coefficient (Wildman–Crippen LogP) is 0.401. The van der Waals surface area contributed by atoms with Gasteiger partial charge in [-0.15, -0.1) is 0 Å². The van der Waals surface area contributed by atoms with Gasteiger partial charge in [-0.25, -0.2) is 9.97 Å². The van der Waals surface area contributed by atoms with E-state index in [1.54, 1.807) is 0 Å². The molecular weight excluding hydrogens is 238 g/mol. The molecular formula is C14H21N5. The summed E-state index contributed by atoms with van der Waals surface area (Å²) in [4.78, 5) is 14.4. The first kappa shape index (κ1) is 11.8. The summed E-state index contributed by atoms with van der Waals surface area (Å²) in [5.74, 6) is 1.01. The lowest BCUT2D eigenvalue weighted by Crippen LogP contribution is -2.57. The Morgan fingerprint density at radius 3 is 2.74 bits per heavy atom. The van der Waals surface area contributed by atoms with Crippen molar-refractivity contribution in [3.05, 3.63) is 23.8 Å². The molecule has 3 saturated heterocycles. The SMILES string of the molecule is c1cc(CNC2CC2)nc(C2CN3CCN2CC3)n1. The smallest absolute Gasteiger partial charge is 0.147 e. The van der Waals surface area contributed by atoms with E-state index in [-0.39, 0.29) is 0 Å². The van der Waals surface area contributed by atoms with Gasteiger partial charge in [-0.3, -0.25) is 9.80 Å². The van der Waals surface area contributed by atoms with E-state index in [2.05, 4.69) is 20.1 Å². The Bertz CT molecular complexity index is 451. The first-order valence-electron chi connectivity index (χ1n) is 7.40. The van der Waals surface area contributed by atoms with Crippen LogP contribution in [0.15, 0.2) is 12.3 Å². The Kier molecular flexibility index (Phi) is 2.98. The molecule has 1 N–H and O–H groups in total. The number of piperazine rings is 3. The van der Waals surface area contributed by atoms with Crippen molar-refractivity contribution in [2.24, 2.45) is 0 Å². The summed E-state index contributed by atoms with van der Waals surface area (Å²) in [7, 11) is 0. The zero-order valence-corrected chi connectivity index (χ0v) is 11.3. The second-order valence-corrected chi connectivity index (χ2v) is 5.91. The van der Waals surface area contributed by atoms with Crippen molar-refractivity contribution in [1.82, 2.24) is 25.1 Å². The number of rotatable bonds is 4. The maximum atomic E-state index is 4.77. The summed E-state index contributed by atoms with van der Waals surface area (Å²) < 4.78 is 0. The standard InChI is InChI=1S/C14H21N5/c1-2-11(1)16-9-12-3-4-15-14(17-12)13-10-18-5-7-19(13)8-6-18/h3-4,11,13,16H,1-2,5-10H2. The number of fused-ring (bicyclic) bond motifs is 3. The van der Waals surface area contributed by atoms with Gasteiger partial charge in [0.15, 0.2) is 0 Å². The molecule has 4 fully saturated rings. The van der Waals surface area contributed by atoms with Crippen LogP contribution in [0.2, 0.25) is 0 Å². The van der Waals surface area contributed by atoms with Crippen LogP contribution >= 0.6 is 0 Å². The molecule has 102 valence electrons. The predicted molar refractivity (Wildman–Crippen MR) is 72.6 cm³/mol. The summed E-state index contributed by atoms with van der Waals surface area (Å²) >= 11 is 0. The van der Waals surface area contributed by atoms with Crippen molar-refractivity contribution in [3.63, 3.8) is 0 Å². The van der Waals surface area contributed by atoms with Crippen LogP contribution in [-0.4, -0.2) is 58.5 Å². The quantitative estimate of drug-likeness (QED) is 0.848. The monoisotopic (exact) mass is 259 g/mol. The molecule has 0 aromatic carbocycles. The molecule has 1 aromatic rings. The van der Waals surface area contributed by atoms with Crippen molar-refractivity contribution in [2.75, 3.05) is 32.7 Å². The Morgan fingerprint density at radius 1 is 1.21 bits per heavy atom. The normalized spacial score (nSPS) is 33.6. The molecule has 1 atom stereocenters. The van der Waals surface area contributed by atoms with E-state index in [0.717, 1.165) is 30.6 Å². The molecule has 4 heterocycles. The van der Waals surface area contributed by atoms with Crippen LogP contribution in [-0.2, 0) is 6.54 Å². The largest absolute Gasteiger partial charge is 0.308 e. The molecule has 1 aromatic heterocycles. The average molecular weight is 259 g/mol. The fourth-order valence-corrected chi connectivity index (χ4v) is 3.07. The van der Waals surface area contributed by atoms with Gasteiger partial charge < -0.3 is 5.32 Å². The first-order valence-corrected chi connectivity index (χ1v) is 7.40. The lowest BCUT2D eigenvalue weighted by molar-refractivity contribution is 0.00855. The number of aromatic nitrogens is 2. The van der Waals surface area contributed by atoms with E-state index in [4.69, 9.17) is 4.98 Å². The Balaban J connectivity index is 1.48. The third kappa shape index (κ3) is 2.50. The first-order chi connectivity index (χ1) is 9.38. The molecule has 19 heavy (non-hydrogen) atoms. The van der Waals surface area contributed by atoms with Crippen LogP contribution in [0.1, 0.15) is 30.4 Å². The summed E-state index contributed by atoms with van der Waals surface area (Å²) in [6, 6.07) is 3.18. The minimum absolute atomic E-state index is 0.406. The van der Waals surface area contributed by atoms with Crippen molar-refractivity contribution < 1.29 is 0 Å². The lowest BCUT2D eigenvalue weighted by atomic mass is 10.1. The third-order valence-corrected chi connectivity index (χ3v) is 4.46. The van der Waals surface area contributed by atoms with E-state index in [9.17, 15) is 0 Å². The van der Waals surface area contributed by atoms with Gasteiger partial charge in [0.25, 0.3) is 0 Å². The molecule has 0 spiro atoms. The highest BCUT2D eigenvalue weighted by molar-refractivity contribution is 5.08. The van der Waals surface area contributed by atoms with E-state index < -0.39 is 0 Å². The third-order valence-electron chi connectivity index (χ3n) is 4.46. The Morgan fingerprint density at radius 2 is 2.05 bits per heavy atom. The highest BCUT2D eigenvalue weighted by Gasteiger charge is 2.34. The lowest BCUT2D eigenvalue weighted by Gasteiger charge is -2.46. The number of nitrogens with zero attached hydrogens (tertiary/aromatic N) is 4. The van der Waals surface area contributed by atoms with Gasteiger partial charge in [0.2, 0.25) is 0 Å². The van der Waals surface area contributed by atoms with E-state index in [1.807, 2.05) is 12.3 Å². The Hall–Kier alpha value is -1.04. The van der Waals surface area contributed by atoms with E-state index in [0.29, 0.717) is 6.04 Å². The topological polar surface area (TPSA) is 44.3 Å².